The van der Waals surface area contributed by atoms with Crippen LogP contribution in [0, 0.1) is 37.5 Å². The van der Waals surface area contributed by atoms with E-state index >= 15 is 26.3 Å². The molecule has 0 aliphatic heterocycles. The summed E-state index contributed by atoms with van der Waals surface area (Å²) in [5, 5.41) is 69.3. The summed E-state index contributed by atoms with van der Waals surface area (Å²) in [5.74, 6) is -9.14. The van der Waals surface area contributed by atoms with Crippen LogP contribution in [0.4, 0.5) is 26.3 Å². The van der Waals surface area contributed by atoms with E-state index in [0.717, 1.165) is 34.8 Å². The SMILES string of the molecule is Cc1sc(C#Cc2cc(-c3cn(CCOCCOCCOCC(=O)O)nn3)cc(-c3cn(CCOCCOCCOCC(=O)O)nn3)c2)cc1C1=C(c2cc(C#Cc3cc(-c4cn(CCOCCOCCOCC(=O)O)nn4)cc(-c4cn(CCOCCOCCOCC(=O)O)nn4)c3)sc2C)C(F)(F)C(F)(F)C1(F)F. The van der Waals surface area contributed by atoms with Gasteiger partial charge in [-0.05, 0) is 73.5 Å². The van der Waals surface area contributed by atoms with Crippen LogP contribution in [0.2, 0.25) is 0 Å². The van der Waals surface area contributed by atoms with Gasteiger partial charge in [0.15, 0.2) is 0 Å². The molecule has 0 radical (unpaired) electrons. The molecule has 1 aliphatic carbocycles. The number of ether oxygens (including phenoxy) is 12. The predicted molar refractivity (Wildman–Crippen MR) is 381 cm³/mol. The number of aromatic nitrogens is 12. The summed E-state index contributed by atoms with van der Waals surface area (Å²) in [6, 6.07) is 12.4. The van der Waals surface area contributed by atoms with Gasteiger partial charge in [0, 0.05) is 54.3 Å². The molecule has 0 amide bonds. The number of thiophene rings is 2. The van der Waals surface area contributed by atoms with Crippen molar-refractivity contribution in [2.24, 2.45) is 0 Å². The number of nitrogens with zero attached hydrogens (tertiary/aromatic N) is 12. The molecule has 0 unspecified atom stereocenters. The van der Waals surface area contributed by atoms with Crippen molar-refractivity contribution in [1.82, 2.24) is 60.0 Å². The number of benzene rings is 2. The molecule has 40 heteroatoms. The molecule has 0 fully saturated rings. The lowest BCUT2D eigenvalue weighted by atomic mass is 9.95. The van der Waals surface area contributed by atoms with E-state index in [9.17, 15) is 19.2 Å². The maximum absolute atomic E-state index is 16.6. The molecule has 6 heterocycles. The van der Waals surface area contributed by atoms with Gasteiger partial charge in [-0.15, -0.1) is 43.1 Å². The van der Waals surface area contributed by atoms with Crippen molar-refractivity contribution in [3.05, 3.63) is 115 Å². The molecule has 9 rings (SSSR count). The van der Waals surface area contributed by atoms with Gasteiger partial charge in [0.1, 0.15) is 49.2 Å². The fourth-order valence-electron chi connectivity index (χ4n) is 10.5. The number of allylic oxidation sites excluding steroid dienone is 2. The normalized spacial score (nSPS) is 13.5. The minimum Gasteiger partial charge on any atom is -0.480 e. The Morgan fingerprint density at radius 2 is 0.586 bits per heavy atom. The van der Waals surface area contributed by atoms with Gasteiger partial charge in [0.2, 0.25) is 0 Å². The first-order chi connectivity index (χ1) is 53.4. The molecule has 0 saturated heterocycles. The number of hydrogen-bond donors (Lipinski definition) is 4. The number of alkyl halides is 6. The molecule has 0 bridgehead atoms. The molecule has 0 atom stereocenters. The molecule has 0 spiro atoms. The van der Waals surface area contributed by atoms with Crippen LogP contribution >= 0.6 is 22.7 Å². The van der Waals surface area contributed by atoms with Gasteiger partial charge < -0.3 is 77.3 Å². The van der Waals surface area contributed by atoms with Gasteiger partial charge in [-0.3, -0.25) is 0 Å². The van der Waals surface area contributed by atoms with Gasteiger partial charge in [0.25, 0.3) is 0 Å². The average molecular weight is 1600 g/mol. The molecular formula is C71H78F6N12O20S2. The van der Waals surface area contributed by atoms with Crippen molar-refractivity contribution in [2.75, 3.05) is 159 Å². The molecule has 0 saturated carbocycles. The highest BCUT2D eigenvalue weighted by molar-refractivity contribution is 7.13. The highest BCUT2D eigenvalue weighted by Gasteiger charge is 2.80. The highest BCUT2D eigenvalue weighted by Crippen LogP contribution is 2.66. The Hall–Kier alpha value is -9.76. The standard InChI is InChI=1S/C71H78F6N12O20S2/c1-47-57(37-55(110-47)5-3-49-31-51(59-39-86(82-78-59)7-11-98-15-19-102-23-27-106-43-63(90)91)35-52(32-49)60-40-87(83-79-60)8-12-99-16-20-103-24-28-107-44-64(92)93)67-68(70(74,75)71(76,77)69(67,72)73)58-38-56(111-48(58)2)6-4-50-33-53(61-41-88(84-80-61)9-13-100-17-21-104-25-29-108-45-65(94)95)36-54(34-50)62-42-89(85-81-62)10-14-101-18-22-105-26-30-109-46-66(96)97/h31-42H,7-30,43-46H2,1-2H3,(H,90,91)(H,92,93)(H,94,95)(H,96,97). The summed E-state index contributed by atoms with van der Waals surface area (Å²) in [6.45, 7) is 5.73. The second-order valence-corrected chi connectivity index (χ2v) is 26.4. The number of halogens is 6. The Bertz CT molecular complexity index is 4100. The largest absolute Gasteiger partial charge is 0.480 e. The van der Waals surface area contributed by atoms with Gasteiger partial charge >= 0.3 is 41.6 Å². The summed E-state index contributed by atoms with van der Waals surface area (Å²) in [7, 11) is 0. The monoisotopic (exact) mass is 1600 g/mol. The Balaban J connectivity index is 0.950. The van der Waals surface area contributed by atoms with Crippen LogP contribution in [-0.4, -0.2) is 281 Å². The number of aliphatic carboxylic acids is 4. The zero-order chi connectivity index (χ0) is 79.2. The van der Waals surface area contributed by atoms with E-state index in [1.807, 2.05) is 0 Å². The van der Waals surface area contributed by atoms with E-state index < -0.39 is 90.3 Å². The van der Waals surface area contributed by atoms with E-state index in [2.05, 4.69) is 64.9 Å². The van der Waals surface area contributed by atoms with Crippen LogP contribution in [0.15, 0.2) is 73.3 Å². The van der Waals surface area contributed by atoms with E-state index in [-0.39, 0.29) is 178 Å². The Morgan fingerprint density at radius 3 is 0.829 bits per heavy atom. The Labute approximate surface area is 637 Å². The average Bonchev–Trinajstić information content (AvgIpc) is 1.53. The van der Waals surface area contributed by atoms with Crippen molar-refractivity contribution >= 4 is 57.7 Å². The number of hydrogen-bond acceptors (Lipinski definition) is 26. The third kappa shape index (κ3) is 25.6. The summed E-state index contributed by atoms with van der Waals surface area (Å²) in [5.41, 5.74) is -0.0490. The van der Waals surface area contributed by atoms with E-state index in [4.69, 9.17) is 77.3 Å². The molecule has 4 N–H and O–H groups in total. The molecule has 111 heavy (non-hydrogen) atoms. The molecule has 2 aromatic carbocycles. The van der Waals surface area contributed by atoms with Crippen molar-refractivity contribution in [3.8, 4) is 68.7 Å². The van der Waals surface area contributed by atoms with Gasteiger partial charge in [-0.25, -0.2) is 37.9 Å². The van der Waals surface area contributed by atoms with E-state index in [0.29, 0.717) is 56.2 Å². The maximum atomic E-state index is 16.6. The number of aryl methyl sites for hydroxylation is 2. The van der Waals surface area contributed by atoms with Crippen LogP contribution in [0.25, 0.3) is 56.2 Å². The first kappa shape index (κ1) is 85.2. The van der Waals surface area contributed by atoms with E-state index in [1.165, 1.54) is 32.6 Å². The number of carbonyl (C=O) groups is 4. The van der Waals surface area contributed by atoms with Crippen LogP contribution in [0.1, 0.15) is 41.8 Å². The molecule has 32 nitrogen and oxygen atoms in total. The molecule has 8 aromatic rings. The van der Waals surface area contributed by atoms with Crippen LogP contribution in [0.3, 0.4) is 0 Å². The van der Waals surface area contributed by atoms with E-state index in [1.54, 1.807) is 61.2 Å². The Kier molecular flexibility index (Phi) is 32.7. The van der Waals surface area contributed by atoms with Crippen molar-refractivity contribution in [2.45, 2.75) is 57.8 Å². The smallest absolute Gasteiger partial charge is 0.380 e. The number of carboxylic acids is 4. The lowest BCUT2D eigenvalue weighted by Gasteiger charge is -2.25. The molecular weight excluding hydrogens is 1520 g/mol. The molecule has 1 aliphatic rings. The quantitative estimate of drug-likeness (QED) is 0.0176. The third-order valence-electron chi connectivity index (χ3n) is 15.6. The minimum atomic E-state index is -5.89. The first-order valence-electron chi connectivity index (χ1n) is 34.3. The second-order valence-electron chi connectivity index (χ2n) is 23.9. The van der Waals surface area contributed by atoms with Gasteiger partial charge in [0.05, 0.1) is 193 Å². The summed E-state index contributed by atoms with van der Waals surface area (Å²) >= 11 is 1.67. The van der Waals surface area contributed by atoms with Gasteiger partial charge in [-0.1, -0.05) is 44.5 Å². The minimum absolute atomic E-state index is 0.00624. The van der Waals surface area contributed by atoms with Crippen molar-refractivity contribution in [1.29, 1.82) is 0 Å². The Morgan fingerprint density at radius 1 is 0.351 bits per heavy atom. The number of rotatable bonds is 50. The second kappa shape index (κ2) is 42.6. The third-order valence-corrected chi connectivity index (χ3v) is 17.6. The zero-order valence-electron chi connectivity index (χ0n) is 60.0. The number of carboxylic acid groups (broad SMARTS) is 4. The van der Waals surface area contributed by atoms with Crippen LogP contribution in [0.5, 0.6) is 0 Å². The summed E-state index contributed by atoms with van der Waals surface area (Å²) < 4.78 is 169. The highest BCUT2D eigenvalue weighted by atomic mass is 32.1. The van der Waals surface area contributed by atoms with Crippen LogP contribution < -0.4 is 0 Å². The lowest BCUT2D eigenvalue weighted by Crippen LogP contribution is -2.48. The molecule has 596 valence electrons. The van der Waals surface area contributed by atoms with Crippen LogP contribution in [-0.2, 0) is 102 Å². The first-order valence-corrected chi connectivity index (χ1v) is 36.0. The summed E-state index contributed by atoms with van der Waals surface area (Å²) in [6.07, 6.45) is 6.63. The summed E-state index contributed by atoms with van der Waals surface area (Å²) in [4.78, 5) is 42.7. The van der Waals surface area contributed by atoms with Crippen molar-refractivity contribution in [3.63, 3.8) is 0 Å². The molecule has 6 aromatic heterocycles. The topological polar surface area (TPSA) is 383 Å². The maximum Gasteiger partial charge on any atom is 0.380 e. The fraction of sp³-hybridized carbons (Fsp3) is 0.465. The van der Waals surface area contributed by atoms with Gasteiger partial charge in [-0.2, -0.15) is 26.3 Å². The predicted octanol–water partition coefficient (Wildman–Crippen LogP) is 6.63. The van der Waals surface area contributed by atoms with Crippen molar-refractivity contribution < 1.29 is 123 Å². The zero-order valence-corrected chi connectivity index (χ0v) is 61.6. The fourth-order valence-corrected chi connectivity index (χ4v) is 12.2. The lowest BCUT2D eigenvalue weighted by molar-refractivity contribution is -0.254.